The summed E-state index contributed by atoms with van der Waals surface area (Å²) in [6, 6.07) is 7.32. The summed E-state index contributed by atoms with van der Waals surface area (Å²) in [6.45, 7) is 1.98. The number of hydrogen-bond acceptors (Lipinski definition) is 2. The zero-order valence-electron chi connectivity index (χ0n) is 10.6. The second-order valence-corrected chi connectivity index (χ2v) is 5.79. The Labute approximate surface area is 129 Å². The van der Waals surface area contributed by atoms with Crippen molar-refractivity contribution in [1.29, 1.82) is 0 Å². The minimum absolute atomic E-state index is 0.0852. The molecule has 0 spiro atoms. The maximum Gasteiger partial charge on any atom is 0.196 e. The number of carbonyl (C=O) groups is 1. The maximum atomic E-state index is 12.7. The molecule has 0 atom stereocenters. The van der Waals surface area contributed by atoms with Gasteiger partial charge in [-0.25, -0.2) is 4.98 Å². The van der Waals surface area contributed by atoms with Crippen molar-refractivity contribution in [3.63, 3.8) is 0 Å². The number of ketones is 1. The number of aromatic amines is 1. The standard InChI is InChI=1S/C15H10BrClN2O/c1-8-2-3-9(11(16)6-8)14(20)10-7-19-15-13(10)12(17)4-5-18-15/h2-7H,1H3,(H,18,19). The first-order valence-corrected chi connectivity index (χ1v) is 7.17. The number of aryl methyl sites for hydroxylation is 1. The molecule has 0 saturated heterocycles. The van der Waals surface area contributed by atoms with E-state index in [1.54, 1.807) is 18.5 Å². The summed E-state index contributed by atoms with van der Waals surface area (Å²) in [5.74, 6) is -0.0852. The first-order valence-electron chi connectivity index (χ1n) is 6.00. The van der Waals surface area contributed by atoms with Crippen molar-refractivity contribution in [3.8, 4) is 0 Å². The lowest BCUT2D eigenvalue weighted by Gasteiger charge is -2.04. The van der Waals surface area contributed by atoms with Crippen molar-refractivity contribution in [2.24, 2.45) is 0 Å². The highest BCUT2D eigenvalue weighted by molar-refractivity contribution is 9.10. The minimum Gasteiger partial charge on any atom is -0.345 e. The van der Waals surface area contributed by atoms with Crippen LogP contribution in [0.2, 0.25) is 5.02 Å². The third kappa shape index (κ3) is 2.15. The molecule has 3 aromatic rings. The Bertz CT molecular complexity index is 826. The number of fused-ring (bicyclic) bond motifs is 1. The fraction of sp³-hybridized carbons (Fsp3) is 0.0667. The topological polar surface area (TPSA) is 45.8 Å². The largest absolute Gasteiger partial charge is 0.345 e. The summed E-state index contributed by atoms with van der Waals surface area (Å²) >= 11 is 9.61. The number of H-pyrrole nitrogens is 1. The Morgan fingerprint density at radius 2 is 2.10 bits per heavy atom. The van der Waals surface area contributed by atoms with Crippen LogP contribution in [0.15, 0.2) is 41.1 Å². The summed E-state index contributed by atoms with van der Waals surface area (Å²) in [5.41, 5.74) is 2.84. The summed E-state index contributed by atoms with van der Waals surface area (Å²) in [4.78, 5) is 19.8. The number of nitrogens with one attached hydrogen (secondary N) is 1. The van der Waals surface area contributed by atoms with Crippen molar-refractivity contribution < 1.29 is 4.79 Å². The van der Waals surface area contributed by atoms with E-state index in [0.717, 1.165) is 10.0 Å². The summed E-state index contributed by atoms with van der Waals surface area (Å²) in [5, 5.41) is 1.18. The fourth-order valence-corrected chi connectivity index (χ4v) is 3.07. The van der Waals surface area contributed by atoms with Gasteiger partial charge in [0.1, 0.15) is 5.65 Å². The van der Waals surface area contributed by atoms with E-state index in [0.29, 0.717) is 27.2 Å². The van der Waals surface area contributed by atoms with Gasteiger partial charge in [-0.15, -0.1) is 0 Å². The highest BCUT2D eigenvalue weighted by Crippen LogP contribution is 2.29. The van der Waals surface area contributed by atoms with Gasteiger partial charge >= 0.3 is 0 Å². The molecule has 5 heteroatoms. The maximum absolute atomic E-state index is 12.7. The van der Waals surface area contributed by atoms with Crippen LogP contribution < -0.4 is 0 Å². The smallest absolute Gasteiger partial charge is 0.196 e. The zero-order chi connectivity index (χ0) is 14.3. The molecule has 3 nitrogen and oxygen atoms in total. The first-order chi connectivity index (χ1) is 9.58. The molecule has 0 aliphatic heterocycles. The zero-order valence-corrected chi connectivity index (χ0v) is 12.9. The molecule has 100 valence electrons. The third-order valence-corrected chi connectivity index (χ3v) is 4.11. The Morgan fingerprint density at radius 1 is 1.30 bits per heavy atom. The molecule has 0 aliphatic carbocycles. The lowest BCUT2D eigenvalue weighted by molar-refractivity contribution is 0.103. The molecule has 1 aromatic carbocycles. The van der Waals surface area contributed by atoms with Crippen LogP contribution in [-0.4, -0.2) is 15.8 Å². The Kier molecular flexibility index (Phi) is 3.36. The van der Waals surface area contributed by atoms with E-state index in [1.165, 1.54) is 0 Å². The van der Waals surface area contributed by atoms with Gasteiger partial charge in [0.15, 0.2) is 5.78 Å². The number of aromatic nitrogens is 2. The molecule has 0 unspecified atom stereocenters. The highest BCUT2D eigenvalue weighted by Gasteiger charge is 2.18. The SMILES string of the molecule is Cc1ccc(C(=O)c2c[nH]c3nccc(Cl)c23)c(Br)c1. The number of carbonyl (C=O) groups excluding carboxylic acids is 1. The van der Waals surface area contributed by atoms with Crippen molar-refractivity contribution in [2.75, 3.05) is 0 Å². The van der Waals surface area contributed by atoms with Gasteiger partial charge in [0.2, 0.25) is 0 Å². The lowest BCUT2D eigenvalue weighted by Crippen LogP contribution is -2.02. The lowest BCUT2D eigenvalue weighted by atomic mass is 10.0. The van der Waals surface area contributed by atoms with E-state index in [-0.39, 0.29) is 5.78 Å². The van der Waals surface area contributed by atoms with Gasteiger partial charge < -0.3 is 4.98 Å². The van der Waals surface area contributed by atoms with Crippen LogP contribution in [0.1, 0.15) is 21.5 Å². The summed E-state index contributed by atoms with van der Waals surface area (Å²) in [6.07, 6.45) is 3.26. The van der Waals surface area contributed by atoms with Crippen LogP contribution in [-0.2, 0) is 0 Å². The van der Waals surface area contributed by atoms with Gasteiger partial charge in [-0.2, -0.15) is 0 Å². The van der Waals surface area contributed by atoms with Gasteiger partial charge in [0.25, 0.3) is 0 Å². The van der Waals surface area contributed by atoms with E-state index in [4.69, 9.17) is 11.6 Å². The molecule has 0 saturated carbocycles. The predicted molar refractivity (Wildman–Crippen MR) is 83.4 cm³/mol. The average molecular weight is 350 g/mol. The van der Waals surface area contributed by atoms with Crippen LogP contribution in [0, 0.1) is 6.92 Å². The van der Waals surface area contributed by atoms with Crippen molar-refractivity contribution >= 4 is 44.3 Å². The second kappa shape index (κ2) is 5.04. The first kappa shape index (κ1) is 13.3. The van der Waals surface area contributed by atoms with Crippen LogP contribution in [0.3, 0.4) is 0 Å². The average Bonchev–Trinajstić information content (AvgIpc) is 2.83. The minimum atomic E-state index is -0.0852. The molecule has 2 aromatic heterocycles. The second-order valence-electron chi connectivity index (χ2n) is 4.53. The third-order valence-electron chi connectivity index (χ3n) is 3.14. The van der Waals surface area contributed by atoms with Gasteiger partial charge in [0.05, 0.1) is 10.6 Å². The summed E-state index contributed by atoms with van der Waals surface area (Å²) in [7, 11) is 0. The molecule has 0 fully saturated rings. The Morgan fingerprint density at radius 3 is 2.85 bits per heavy atom. The molecule has 20 heavy (non-hydrogen) atoms. The van der Waals surface area contributed by atoms with Crippen molar-refractivity contribution in [2.45, 2.75) is 6.92 Å². The normalized spacial score (nSPS) is 10.9. The molecule has 2 heterocycles. The van der Waals surface area contributed by atoms with Gasteiger partial charge in [-0.1, -0.05) is 33.6 Å². The van der Waals surface area contributed by atoms with E-state index < -0.39 is 0 Å². The number of rotatable bonds is 2. The van der Waals surface area contributed by atoms with Gasteiger partial charge in [-0.3, -0.25) is 4.79 Å². The number of hydrogen-bond donors (Lipinski definition) is 1. The molecule has 3 rings (SSSR count). The predicted octanol–water partition coefficient (Wildman–Crippen LogP) is 4.52. The Hall–Kier alpha value is -1.65. The van der Waals surface area contributed by atoms with Crippen LogP contribution in [0.25, 0.3) is 11.0 Å². The number of benzene rings is 1. The van der Waals surface area contributed by atoms with Crippen LogP contribution in [0.5, 0.6) is 0 Å². The quantitative estimate of drug-likeness (QED) is 0.691. The van der Waals surface area contributed by atoms with E-state index >= 15 is 0 Å². The van der Waals surface area contributed by atoms with Gasteiger partial charge in [0, 0.05) is 27.8 Å². The Balaban J connectivity index is 2.18. The molecule has 0 bridgehead atoms. The molecular formula is C15H10BrClN2O. The van der Waals surface area contributed by atoms with Crippen molar-refractivity contribution in [3.05, 3.63) is 62.8 Å². The number of pyridine rings is 1. The summed E-state index contributed by atoms with van der Waals surface area (Å²) < 4.78 is 0.775. The molecule has 1 N–H and O–H groups in total. The molecule has 0 radical (unpaired) electrons. The van der Waals surface area contributed by atoms with E-state index in [9.17, 15) is 4.79 Å². The van der Waals surface area contributed by atoms with E-state index in [2.05, 4.69) is 25.9 Å². The van der Waals surface area contributed by atoms with Gasteiger partial charge in [-0.05, 0) is 30.7 Å². The van der Waals surface area contributed by atoms with Crippen molar-refractivity contribution in [1.82, 2.24) is 9.97 Å². The van der Waals surface area contributed by atoms with Crippen LogP contribution in [0.4, 0.5) is 0 Å². The number of nitrogens with zero attached hydrogens (tertiary/aromatic N) is 1. The van der Waals surface area contributed by atoms with Crippen LogP contribution >= 0.6 is 27.5 Å². The molecule has 0 amide bonds. The fourth-order valence-electron chi connectivity index (χ4n) is 2.15. The molecular weight excluding hydrogens is 340 g/mol. The number of halogens is 2. The molecule has 0 aliphatic rings. The van der Waals surface area contributed by atoms with E-state index in [1.807, 2.05) is 25.1 Å². The highest BCUT2D eigenvalue weighted by atomic mass is 79.9. The monoisotopic (exact) mass is 348 g/mol.